The minimum Gasteiger partial charge on any atom is -0.490 e. The molecule has 0 N–H and O–H groups in total. The molecule has 0 unspecified atom stereocenters. The number of ether oxygens (including phenoxy) is 2. The Hall–Kier alpha value is -3.40. The smallest absolute Gasteiger partial charge is 0.143 e. The van der Waals surface area contributed by atoms with Crippen LogP contribution in [0.2, 0.25) is 0 Å². The van der Waals surface area contributed by atoms with Gasteiger partial charge in [0.25, 0.3) is 0 Å². The summed E-state index contributed by atoms with van der Waals surface area (Å²) in [6.07, 6.45) is 1.52. The standard InChI is InChI=1S/C16H13N5O2/c17-11-13-4-6-15(7-5-13)22-8-9-23-16-3-1-2-14(10-16)21-12-18-19-20-21/h1-7,10,12H,8-9H2. The van der Waals surface area contributed by atoms with Gasteiger partial charge in [-0.1, -0.05) is 6.07 Å². The summed E-state index contributed by atoms with van der Waals surface area (Å²) >= 11 is 0. The molecule has 7 nitrogen and oxygen atoms in total. The van der Waals surface area contributed by atoms with Crippen molar-refractivity contribution in [1.82, 2.24) is 20.2 Å². The number of nitriles is 1. The van der Waals surface area contributed by atoms with Crippen LogP contribution in [-0.4, -0.2) is 33.4 Å². The van der Waals surface area contributed by atoms with Crippen LogP contribution in [0.25, 0.3) is 5.69 Å². The van der Waals surface area contributed by atoms with Crippen LogP contribution in [0, 0.1) is 11.3 Å². The topological polar surface area (TPSA) is 85.9 Å². The first kappa shape index (κ1) is 14.5. The summed E-state index contributed by atoms with van der Waals surface area (Å²) in [7, 11) is 0. The predicted octanol–water partition coefficient (Wildman–Crippen LogP) is 1.99. The van der Waals surface area contributed by atoms with Crippen molar-refractivity contribution in [2.75, 3.05) is 13.2 Å². The van der Waals surface area contributed by atoms with Gasteiger partial charge in [0.15, 0.2) is 0 Å². The highest BCUT2D eigenvalue weighted by atomic mass is 16.5. The highest BCUT2D eigenvalue weighted by Crippen LogP contribution is 2.16. The third-order valence-corrected chi connectivity index (χ3v) is 3.04. The van der Waals surface area contributed by atoms with Crippen LogP contribution >= 0.6 is 0 Å². The lowest BCUT2D eigenvalue weighted by molar-refractivity contribution is 0.217. The number of benzene rings is 2. The number of hydrogen-bond donors (Lipinski definition) is 0. The van der Waals surface area contributed by atoms with Crippen molar-refractivity contribution in [3.8, 4) is 23.3 Å². The molecule has 3 rings (SSSR count). The van der Waals surface area contributed by atoms with Crippen molar-refractivity contribution in [3.05, 3.63) is 60.4 Å². The lowest BCUT2D eigenvalue weighted by atomic mass is 10.2. The lowest BCUT2D eigenvalue weighted by Crippen LogP contribution is -2.09. The molecule has 0 aliphatic heterocycles. The molecule has 0 aliphatic carbocycles. The van der Waals surface area contributed by atoms with E-state index in [0.29, 0.717) is 30.3 Å². The minimum absolute atomic E-state index is 0.402. The molecular formula is C16H13N5O2. The number of rotatable bonds is 6. The average molecular weight is 307 g/mol. The fourth-order valence-electron chi connectivity index (χ4n) is 1.94. The molecule has 7 heteroatoms. The van der Waals surface area contributed by atoms with Crippen molar-refractivity contribution in [2.24, 2.45) is 0 Å². The normalized spacial score (nSPS) is 10.0. The second-order valence-electron chi connectivity index (χ2n) is 4.58. The van der Waals surface area contributed by atoms with Gasteiger partial charge in [0, 0.05) is 6.07 Å². The van der Waals surface area contributed by atoms with E-state index in [4.69, 9.17) is 14.7 Å². The Labute approximate surface area is 132 Å². The van der Waals surface area contributed by atoms with Gasteiger partial charge in [0.1, 0.15) is 31.0 Å². The molecule has 1 aromatic heterocycles. The molecule has 114 valence electrons. The van der Waals surface area contributed by atoms with Crippen LogP contribution in [0.4, 0.5) is 0 Å². The zero-order valence-corrected chi connectivity index (χ0v) is 12.2. The third-order valence-electron chi connectivity index (χ3n) is 3.04. The van der Waals surface area contributed by atoms with Gasteiger partial charge in [-0.05, 0) is 46.8 Å². The maximum absolute atomic E-state index is 8.73. The van der Waals surface area contributed by atoms with Gasteiger partial charge in [0.2, 0.25) is 0 Å². The first-order valence-electron chi connectivity index (χ1n) is 6.94. The van der Waals surface area contributed by atoms with Crippen LogP contribution in [0.1, 0.15) is 5.56 Å². The van der Waals surface area contributed by atoms with E-state index in [1.165, 1.54) is 6.33 Å². The molecule has 0 saturated heterocycles. The van der Waals surface area contributed by atoms with Crippen LogP contribution < -0.4 is 9.47 Å². The zero-order valence-electron chi connectivity index (χ0n) is 12.2. The summed E-state index contributed by atoms with van der Waals surface area (Å²) < 4.78 is 12.8. The SMILES string of the molecule is N#Cc1ccc(OCCOc2cccc(-n3cnnn3)c2)cc1. The largest absolute Gasteiger partial charge is 0.490 e. The molecule has 0 amide bonds. The molecule has 0 radical (unpaired) electrons. The average Bonchev–Trinajstić information content (AvgIpc) is 3.14. The Kier molecular flexibility index (Phi) is 4.45. The predicted molar refractivity (Wildman–Crippen MR) is 81.3 cm³/mol. The molecule has 2 aromatic carbocycles. The van der Waals surface area contributed by atoms with Crippen molar-refractivity contribution < 1.29 is 9.47 Å². The van der Waals surface area contributed by atoms with Gasteiger partial charge in [-0.3, -0.25) is 0 Å². The van der Waals surface area contributed by atoms with Gasteiger partial charge < -0.3 is 9.47 Å². The Morgan fingerprint density at radius 3 is 2.48 bits per heavy atom. The summed E-state index contributed by atoms with van der Waals surface area (Å²) in [5.41, 5.74) is 1.42. The second-order valence-corrected chi connectivity index (χ2v) is 4.58. The maximum Gasteiger partial charge on any atom is 0.143 e. The number of nitrogens with zero attached hydrogens (tertiary/aromatic N) is 5. The van der Waals surface area contributed by atoms with E-state index in [-0.39, 0.29) is 0 Å². The number of aromatic nitrogens is 4. The van der Waals surface area contributed by atoms with Crippen molar-refractivity contribution in [2.45, 2.75) is 0 Å². The van der Waals surface area contributed by atoms with E-state index in [1.807, 2.05) is 24.3 Å². The fraction of sp³-hybridized carbons (Fsp3) is 0.125. The molecule has 0 atom stereocenters. The molecule has 0 saturated carbocycles. The zero-order chi connectivity index (χ0) is 15.9. The van der Waals surface area contributed by atoms with Crippen LogP contribution in [-0.2, 0) is 0 Å². The fourth-order valence-corrected chi connectivity index (χ4v) is 1.94. The first-order valence-corrected chi connectivity index (χ1v) is 6.94. The third kappa shape index (κ3) is 3.83. The van der Waals surface area contributed by atoms with Gasteiger partial charge in [-0.25, -0.2) is 4.68 Å². The Morgan fingerprint density at radius 1 is 1.00 bits per heavy atom. The number of tetrazole rings is 1. The monoisotopic (exact) mass is 307 g/mol. The van der Waals surface area contributed by atoms with E-state index < -0.39 is 0 Å². The molecule has 0 spiro atoms. The van der Waals surface area contributed by atoms with Crippen molar-refractivity contribution in [1.29, 1.82) is 5.26 Å². The van der Waals surface area contributed by atoms with Gasteiger partial charge >= 0.3 is 0 Å². The Balaban J connectivity index is 1.51. The number of hydrogen-bond acceptors (Lipinski definition) is 6. The van der Waals surface area contributed by atoms with E-state index in [9.17, 15) is 0 Å². The summed E-state index contributed by atoms with van der Waals surface area (Å²) in [5, 5.41) is 19.8. The van der Waals surface area contributed by atoms with E-state index >= 15 is 0 Å². The van der Waals surface area contributed by atoms with Crippen molar-refractivity contribution >= 4 is 0 Å². The van der Waals surface area contributed by atoms with E-state index in [2.05, 4.69) is 21.6 Å². The summed E-state index contributed by atoms with van der Waals surface area (Å²) in [5.74, 6) is 1.41. The van der Waals surface area contributed by atoms with Crippen LogP contribution in [0.5, 0.6) is 11.5 Å². The quantitative estimate of drug-likeness (QED) is 0.647. The van der Waals surface area contributed by atoms with Gasteiger partial charge in [-0.2, -0.15) is 5.26 Å². The maximum atomic E-state index is 8.73. The van der Waals surface area contributed by atoms with Crippen LogP contribution in [0.15, 0.2) is 54.9 Å². The first-order chi connectivity index (χ1) is 11.3. The lowest BCUT2D eigenvalue weighted by Gasteiger charge is -2.09. The Morgan fingerprint density at radius 2 is 1.78 bits per heavy atom. The van der Waals surface area contributed by atoms with E-state index in [1.54, 1.807) is 28.9 Å². The molecule has 0 fully saturated rings. The van der Waals surface area contributed by atoms with Gasteiger partial charge in [0.05, 0.1) is 17.3 Å². The van der Waals surface area contributed by atoms with Crippen LogP contribution in [0.3, 0.4) is 0 Å². The molecule has 3 aromatic rings. The highest BCUT2D eigenvalue weighted by Gasteiger charge is 2.01. The minimum atomic E-state index is 0.402. The highest BCUT2D eigenvalue weighted by molar-refractivity contribution is 5.38. The Bertz CT molecular complexity index is 794. The summed E-state index contributed by atoms with van der Waals surface area (Å²) in [4.78, 5) is 0. The van der Waals surface area contributed by atoms with Crippen molar-refractivity contribution in [3.63, 3.8) is 0 Å². The molecule has 23 heavy (non-hydrogen) atoms. The van der Waals surface area contributed by atoms with Gasteiger partial charge in [-0.15, -0.1) is 5.10 Å². The molecule has 0 aliphatic rings. The summed E-state index contributed by atoms with van der Waals surface area (Å²) in [6.45, 7) is 0.806. The summed E-state index contributed by atoms with van der Waals surface area (Å²) in [6, 6.07) is 16.5. The molecular weight excluding hydrogens is 294 g/mol. The van der Waals surface area contributed by atoms with E-state index in [0.717, 1.165) is 5.69 Å². The molecule has 0 bridgehead atoms. The second kappa shape index (κ2) is 7.04. The molecule has 1 heterocycles.